The topological polar surface area (TPSA) is 49.4 Å². The fourth-order valence-electron chi connectivity index (χ4n) is 2.95. The molecule has 2 heterocycles. The Labute approximate surface area is 98.4 Å². The van der Waals surface area contributed by atoms with Crippen LogP contribution in [0.3, 0.4) is 0 Å². The molecule has 0 bridgehead atoms. The average molecular weight is 246 g/mol. The van der Waals surface area contributed by atoms with E-state index in [0.29, 0.717) is 6.54 Å². The highest BCUT2D eigenvalue weighted by Crippen LogP contribution is 2.28. The highest BCUT2D eigenvalue weighted by Gasteiger charge is 2.40. The lowest BCUT2D eigenvalue weighted by atomic mass is 10.0. The van der Waals surface area contributed by atoms with Gasteiger partial charge in [0.1, 0.15) is 0 Å². The lowest BCUT2D eigenvalue weighted by Gasteiger charge is -2.39. The SMILES string of the molecule is C[C@@H]1CCC[C@H](C)N1S(=O)(=O)C1CCNC1. The van der Waals surface area contributed by atoms with Crippen LogP contribution in [0, 0.1) is 0 Å². The summed E-state index contributed by atoms with van der Waals surface area (Å²) in [6.07, 6.45) is 3.92. The Hall–Kier alpha value is -0.130. The summed E-state index contributed by atoms with van der Waals surface area (Å²) in [7, 11) is -3.09. The van der Waals surface area contributed by atoms with Crippen molar-refractivity contribution in [2.24, 2.45) is 0 Å². The molecule has 2 aliphatic rings. The van der Waals surface area contributed by atoms with Crippen LogP contribution < -0.4 is 5.32 Å². The first kappa shape index (κ1) is 12.3. The van der Waals surface area contributed by atoms with Crippen LogP contribution in [0.1, 0.15) is 39.5 Å². The van der Waals surface area contributed by atoms with E-state index in [4.69, 9.17) is 0 Å². The minimum Gasteiger partial charge on any atom is -0.315 e. The van der Waals surface area contributed by atoms with Gasteiger partial charge in [-0.25, -0.2) is 8.42 Å². The first-order chi connectivity index (χ1) is 7.53. The van der Waals surface area contributed by atoms with E-state index in [1.54, 1.807) is 4.31 Å². The van der Waals surface area contributed by atoms with Gasteiger partial charge in [0, 0.05) is 18.6 Å². The lowest BCUT2D eigenvalue weighted by molar-refractivity contribution is 0.202. The number of nitrogens with zero attached hydrogens (tertiary/aromatic N) is 1. The first-order valence-corrected chi connectivity index (χ1v) is 7.77. The maximum atomic E-state index is 12.5. The molecular formula is C11H22N2O2S. The highest BCUT2D eigenvalue weighted by atomic mass is 32.2. The largest absolute Gasteiger partial charge is 0.315 e. The molecule has 4 nitrogen and oxygen atoms in total. The number of rotatable bonds is 2. The van der Waals surface area contributed by atoms with E-state index in [2.05, 4.69) is 5.32 Å². The van der Waals surface area contributed by atoms with Gasteiger partial charge in [0.05, 0.1) is 5.25 Å². The van der Waals surface area contributed by atoms with Crippen LogP contribution in [0.2, 0.25) is 0 Å². The zero-order valence-corrected chi connectivity index (χ0v) is 11.0. The monoisotopic (exact) mass is 246 g/mol. The third-order valence-electron chi connectivity index (χ3n) is 3.84. The molecule has 0 aliphatic carbocycles. The molecule has 0 saturated carbocycles. The van der Waals surface area contributed by atoms with Crippen LogP contribution >= 0.6 is 0 Å². The van der Waals surface area contributed by atoms with Gasteiger partial charge < -0.3 is 5.32 Å². The molecule has 3 atom stereocenters. The number of nitrogens with one attached hydrogen (secondary N) is 1. The molecule has 2 fully saturated rings. The van der Waals surface area contributed by atoms with E-state index in [1.807, 2.05) is 13.8 Å². The summed E-state index contributed by atoms with van der Waals surface area (Å²) in [5.41, 5.74) is 0. The van der Waals surface area contributed by atoms with Crippen LogP contribution in [-0.2, 0) is 10.0 Å². The summed E-state index contributed by atoms with van der Waals surface area (Å²) in [6.45, 7) is 5.53. The van der Waals surface area contributed by atoms with Crippen LogP contribution in [0.25, 0.3) is 0 Å². The van der Waals surface area contributed by atoms with E-state index >= 15 is 0 Å². The summed E-state index contributed by atoms with van der Waals surface area (Å²) in [4.78, 5) is 0. The van der Waals surface area contributed by atoms with Crippen molar-refractivity contribution in [1.29, 1.82) is 0 Å². The fourth-order valence-corrected chi connectivity index (χ4v) is 5.26. The standard InChI is InChI=1S/C11H22N2O2S/c1-9-4-3-5-10(2)13(9)16(14,15)11-6-7-12-8-11/h9-12H,3-8H2,1-2H3/t9-,10+,11?. The van der Waals surface area contributed by atoms with Gasteiger partial charge >= 0.3 is 0 Å². The van der Waals surface area contributed by atoms with E-state index < -0.39 is 10.0 Å². The molecule has 1 N–H and O–H groups in total. The maximum absolute atomic E-state index is 12.5. The van der Waals surface area contributed by atoms with E-state index in [-0.39, 0.29) is 17.3 Å². The summed E-state index contributed by atoms with van der Waals surface area (Å²) < 4.78 is 26.8. The predicted octanol–water partition coefficient (Wildman–Crippen LogP) is 0.941. The lowest BCUT2D eigenvalue weighted by Crippen LogP contribution is -2.51. The molecule has 2 aliphatic heterocycles. The Kier molecular flexibility index (Phi) is 3.56. The molecule has 0 radical (unpaired) electrons. The summed E-state index contributed by atoms with van der Waals surface area (Å²) in [6, 6.07) is 0.351. The van der Waals surface area contributed by atoms with Gasteiger partial charge in [-0.3, -0.25) is 0 Å². The van der Waals surface area contributed by atoms with Gasteiger partial charge in [0.25, 0.3) is 0 Å². The van der Waals surface area contributed by atoms with Crippen LogP contribution in [0.5, 0.6) is 0 Å². The molecule has 5 heteroatoms. The van der Waals surface area contributed by atoms with E-state index in [0.717, 1.165) is 32.2 Å². The van der Waals surface area contributed by atoms with E-state index in [1.165, 1.54) is 0 Å². The molecule has 94 valence electrons. The van der Waals surface area contributed by atoms with Crippen molar-refractivity contribution < 1.29 is 8.42 Å². The van der Waals surface area contributed by atoms with E-state index in [9.17, 15) is 8.42 Å². The smallest absolute Gasteiger partial charge is 0.218 e. The normalized spacial score (nSPS) is 37.8. The van der Waals surface area contributed by atoms with Crippen molar-refractivity contribution in [3.63, 3.8) is 0 Å². The highest BCUT2D eigenvalue weighted by molar-refractivity contribution is 7.89. The summed E-state index contributed by atoms with van der Waals surface area (Å²) in [5.74, 6) is 0. The summed E-state index contributed by atoms with van der Waals surface area (Å²) >= 11 is 0. The number of sulfonamides is 1. The Balaban J connectivity index is 2.20. The third kappa shape index (κ3) is 2.13. The Morgan fingerprint density at radius 1 is 1.12 bits per heavy atom. The molecule has 0 aromatic carbocycles. The zero-order chi connectivity index (χ0) is 11.8. The molecule has 16 heavy (non-hydrogen) atoms. The minimum absolute atomic E-state index is 0.175. The molecule has 0 spiro atoms. The Bertz CT molecular complexity index is 326. The van der Waals surface area contributed by atoms with Gasteiger partial charge in [-0.05, 0) is 39.7 Å². The number of hydrogen-bond donors (Lipinski definition) is 1. The van der Waals surface area contributed by atoms with Crippen LogP contribution in [0.15, 0.2) is 0 Å². The third-order valence-corrected chi connectivity index (χ3v) is 6.40. The molecule has 0 aromatic rings. The predicted molar refractivity (Wildman–Crippen MR) is 64.8 cm³/mol. The zero-order valence-electron chi connectivity index (χ0n) is 10.1. The van der Waals surface area contributed by atoms with Gasteiger partial charge in [0.15, 0.2) is 0 Å². The minimum atomic E-state index is -3.09. The van der Waals surface area contributed by atoms with Crippen molar-refractivity contribution >= 4 is 10.0 Å². The van der Waals surface area contributed by atoms with Gasteiger partial charge in [0.2, 0.25) is 10.0 Å². The van der Waals surface area contributed by atoms with Crippen LogP contribution in [0.4, 0.5) is 0 Å². The molecular weight excluding hydrogens is 224 g/mol. The van der Waals surface area contributed by atoms with Crippen molar-refractivity contribution in [2.75, 3.05) is 13.1 Å². The Morgan fingerprint density at radius 3 is 2.25 bits per heavy atom. The first-order valence-electron chi connectivity index (χ1n) is 6.26. The maximum Gasteiger partial charge on any atom is 0.218 e. The van der Waals surface area contributed by atoms with Crippen molar-refractivity contribution in [3.8, 4) is 0 Å². The molecule has 2 rings (SSSR count). The van der Waals surface area contributed by atoms with Crippen LogP contribution in [-0.4, -0.2) is 43.1 Å². The second kappa shape index (κ2) is 4.63. The molecule has 2 saturated heterocycles. The second-order valence-corrected chi connectivity index (χ2v) is 7.24. The molecule has 1 unspecified atom stereocenters. The summed E-state index contributed by atoms with van der Waals surface area (Å²) in [5, 5.41) is 2.94. The number of hydrogen-bond acceptors (Lipinski definition) is 3. The van der Waals surface area contributed by atoms with Gasteiger partial charge in [-0.15, -0.1) is 0 Å². The van der Waals surface area contributed by atoms with Crippen molar-refractivity contribution in [2.45, 2.75) is 56.9 Å². The molecule has 0 aromatic heterocycles. The molecule has 0 amide bonds. The van der Waals surface area contributed by atoms with Gasteiger partial charge in [-0.1, -0.05) is 6.42 Å². The number of piperidine rings is 1. The second-order valence-electron chi connectivity index (χ2n) is 5.12. The average Bonchev–Trinajstić information content (AvgIpc) is 2.69. The van der Waals surface area contributed by atoms with Crippen molar-refractivity contribution in [3.05, 3.63) is 0 Å². The fraction of sp³-hybridized carbons (Fsp3) is 1.00. The van der Waals surface area contributed by atoms with Crippen molar-refractivity contribution in [1.82, 2.24) is 9.62 Å². The Morgan fingerprint density at radius 2 is 1.75 bits per heavy atom. The quantitative estimate of drug-likeness (QED) is 0.789. The van der Waals surface area contributed by atoms with Gasteiger partial charge in [-0.2, -0.15) is 4.31 Å².